The lowest BCUT2D eigenvalue weighted by Gasteiger charge is -2.31. The Bertz CT molecular complexity index is 4800. The second-order valence-corrected chi connectivity index (χ2v) is 35.3. The van der Waals surface area contributed by atoms with Gasteiger partial charge >= 0.3 is 12.2 Å². The number of imide groups is 1. The van der Waals surface area contributed by atoms with E-state index in [1.54, 1.807) is 103 Å². The van der Waals surface area contributed by atoms with Gasteiger partial charge in [-0.2, -0.15) is 0 Å². The molecule has 0 spiro atoms. The molecular formula is C100H138N8O31. The molecule has 4 aromatic carbocycles. The van der Waals surface area contributed by atoms with E-state index in [1.165, 1.54) is 48.3 Å². The van der Waals surface area contributed by atoms with Gasteiger partial charge in [0, 0.05) is 120 Å². The normalized spacial score (nSPS) is 17.6. The number of hydrogen-bond acceptors (Lipinski definition) is 31. The number of methoxy groups -OCH3 is 3. The molecule has 4 aromatic rings. The lowest BCUT2D eigenvalue weighted by Crippen LogP contribution is -2.50. The van der Waals surface area contributed by atoms with Crippen molar-refractivity contribution in [2.24, 2.45) is 29.6 Å². The van der Waals surface area contributed by atoms with Crippen LogP contribution in [0, 0.1) is 29.6 Å². The molecule has 9 amide bonds. The topological polar surface area (TPSA) is 462 Å². The molecule has 0 aliphatic carbocycles. The van der Waals surface area contributed by atoms with Crippen molar-refractivity contribution in [3.05, 3.63) is 130 Å². The van der Waals surface area contributed by atoms with Crippen molar-refractivity contribution in [3.8, 4) is 23.0 Å². The summed E-state index contributed by atoms with van der Waals surface area (Å²) in [5.74, 6) is -5.18. The van der Waals surface area contributed by atoms with Crippen molar-refractivity contribution in [1.29, 1.82) is 0 Å². The molecule has 0 saturated carbocycles. The number of Topliss-reactive ketones (excluding diaryl/α,β-unsaturated/α-hetero) is 4. The molecule has 5 heterocycles. The number of carbonyl (C=O) groups is 13. The van der Waals surface area contributed by atoms with Gasteiger partial charge in [-0.05, 0) is 86.8 Å². The Balaban J connectivity index is 0.666. The van der Waals surface area contributed by atoms with Crippen molar-refractivity contribution < 1.29 is 148 Å². The molecule has 5 N–H and O–H groups in total. The fourth-order valence-corrected chi connectivity index (χ4v) is 16.0. The van der Waals surface area contributed by atoms with Crippen molar-refractivity contribution in [2.45, 2.75) is 183 Å². The van der Waals surface area contributed by atoms with E-state index in [1.807, 2.05) is 27.7 Å². The van der Waals surface area contributed by atoms with Gasteiger partial charge < -0.3 is 112 Å². The van der Waals surface area contributed by atoms with E-state index in [0.717, 1.165) is 25.8 Å². The molecular weight excluding hydrogens is 1810 g/mol. The quantitative estimate of drug-likeness (QED) is 0.0207. The van der Waals surface area contributed by atoms with Gasteiger partial charge in [-0.25, -0.2) is 19.4 Å². The fourth-order valence-electron chi connectivity index (χ4n) is 16.0. The summed E-state index contributed by atoms with van der Waals surface area (Å²) in [5.41, 5.74) is 3.74. The molecule has 39 nitrogen and oxygen atoms in total. The predicted octanol–water partition coefficient (Wildman–Crippen LogP) is 7.91. The number of hydrogen-bond donors (Lipinski definition) is 5. The van der Waals surface area contributed by atoms with E-state index in [4.69, 9.17) is 75.8 Å². The van der Waals surface area contributed by atoms with Crippen LogP contribution in [0.25, 0.3) is 0 Å². The molecule has 9 rings (SSSR count). The van der Waals surface area contributed by atoms with Crippen LogP contribution in [-0.4, -0.2) is 311 Å². The van der Waals surface area contributed by atoms with Crippen molar-refractivity contribution in [2.75, 3.05) is 183 Å². The van der Waals surface area contributed by atoms with E-state index in [0.29, 0.717) is 128 Å². The first-order chi connectivity index (χ1) is 66.8. The van der Waals surface area contributed by atoms with Crippen LogP contribution in [0.4, 0.5) is 21.0 Å². The van der Waals surface area contributed by atoms with Crippen LogP contribution in [0.5, 0.6) is 23.0 Å². The lowest BCUT2D eigenvalue weighted by atomic mass is 9.88. The molecule has 5 aliphatic heterocycles. The van der Waals surface area contributed by atoms with E-state index in [-0.39, 0.29) is 234 Å². The van der Waals surface area contributed by atoms with Crippen LogP contribution in [-0.2, 0) is 126 Å². The Morgan fingerprint density at radius 3 is 1.15 bits per heavy atom. The Kier molecular flexibility index (Phi) is 46.1. The zero-order valence-corrected chi connectivity index (χ0v) is 81.9. The largest absolute Gasteiger partial charge is 0.493 e. The number of anilines is 2. The highest BCUT2D eigenvalue weighted by atomic mass is 16.6. The first kappa shape index (κ1) is 111. The third kappa shape index (κ3) is 34.1. The zero-order chi connectivity index (χ0) is 101. The number of aliphatic hydroxyl groups is 2. The minimum atomic E-state index is -1.62. The number of ether oxygens (including phenoxy) is 16. The highest BCUT2D eigenvalue weighted by molar-refractivity contribution is 6.08. The Morgan fingerprint density at radius 1 is 0.439 bits per heavy atom. The minimum absolute atomic E-state index is 0.00138. The SMILES string of the molecule is COCCOCCC(=O)C[C@H](C(=O)N[C@@H](C)C(=O)Cc1ccc(COC(=O)N2c3cc(OCCCOc4cc5c(cc4OC)C(=O)N4C=C(C)C[C@H]4[C@H](O)N5C(=O)OCc4ccc(CC(=O)[C@H](C)NC(=O)[C@@H](CC(=O)CCOCCOCCOCCOCCOCCOCCOCCOCCNC(=O)CCN5C(=O)CC(C)C5=O)C(C)C)cc4)c(OC)cc3C(=O)N3C=C(C)C[C@H]3[C@@H]2O)cc1)C(C)C. The van der Waals surface area contributed by atoms with Crippen molar-refractivity contribution in [1.82, 2.24) is 30.7 Å². The van der Waals surface area contributed by atoms with Crippen LogP contribution in [0.15, 0.2) is 96.3 Å². The highest BCUT2D eigenvalue weighted by Crippen LogP contribution is 2.45. The molecule has 39 heteroatoms. The van der Waals surface area contributed by atoms with Gasteiger partial charge in [0.25, 0.3) is 11.8 Å². The van der Waals surface area contributed by atoms with Crippen LogP contribution >= 0.6 is 0 Å². The Labute approximate surface area is 811 Å². The van der Waals surface area contributed by atoms with Crippen LogP contribution < -0.4 is 44.7 Å². The zero-order valence-electron chi connectivity index (χ0n) is 81.9. The number of aliphatic hydroxyl groups excluding tert-OH is 2. The average molecular weight is 1950 g/mol. The van der Waals surface area contributed by atoms with Crippen molar-refractivity contribution >= 4 is 88.0 Å². The van der Waals surface area contributed by atoms with E-state index < -0.39 is 84.3 Å². The summed E-state index contributed by atoms with van der Waals surface area (Å²) in [5, 5.41) is 32.6. The van der Waals surface area contributed by atoms with Gasteiger partial charge in [-0.15, -0.1) is 0 Å². The number of likely N-dealkylation sites (tertiary alicyclic amines) is 1. The lowest BCUT2D eigenvalue weighted by molar-refractivity contribution is -0.139. The van der Waals surface area contributed by atoms with Gasteiger partial charge in [0.05, 0.1) is 200 Å². The van der Waals surface area contributed by atoms with E-state index in [2.05, 4.69) is 16.0 Å². The number of fused-ring (bicyclic) bond motifs is 4. The second kappa shape index (κ2) is 57.5. The molecule has 1 unspecified atom stereocenters. The van der Waals surface area contributed by atoms with E-state index in [9.17, 15) is 72.5 Å². The molecule has 0 aromatic heterocycles. The molecule has 139 heavy (non-hydrogen) atoms. The number of amides is 9. The summed E-state index contributed by atoms with van der Waals surface area (Å²) >= 11 is 0. The number of rotatable bonds is 64. The summed E-state index contributed by atoms with van der Waals surface area (Å²) < 4.78 is 90.6. The van der Waals surface area contributed by atoms with Gasteiger partial charge in [-0.1, -0.05) is 94.3 Å². The maximum atomic E-state index is 14.5. The maximum Gasteiger partial charge on any atom is 0.416 e. The smallest absolute Gasteiger partial charge is 0.416 e. The number of ketones is 4. The Morgan fingerprint density at radius 2 is 0.799 bits per heavy atom. The number of nitrogens with one attached hydrogen (secondary N) is 3. The summed E-state index contributed by atoms with van der Waals surface area (Å²) in [7, 11) is 4.31. The summed E-state index contributed by atoms with van der Waals surface area (Å²) in [6.07, 6.45) is -1.04. The van der Waals surface area contributed by atoms with Gasteiger partial charge in [-0.3, -0.25) is 57.6 Å². The minimum Gasteiger partial charge on any atom is -0.493 e. The van der Waals surface area contributed by atoms with Crippen molar-refractivity contribution in [3.63, 3.8) is 0 Å². The molecule has 9 atom stereocenters. The van der Waals surface area contributed by atoms with Crippen LogP contribution in [0.3, 0.4) is 0 Å². The van der Waals surface area contributed by atoms with Gasteiger partial charge in [0.15, 0.2) is 47.0 Å². The third-order valence-corrected chi connectivity index (χ3v) is 24.0. The average Bonchev–Trinajstić information content (AvgIpc) is 1.60. The third-order valence-electron chi connectivity index (χ3n) is 24.0. The maximum absolute atomic E-state index is 14.5. The molecule has 5 aliphatic rings. The highest BCUT2D eigenvalue weighted by Gasteiger charge is 2.48. The molecule has 0 bridgehead atoms. The first-order valence-corrected chi connectivity index (χ1v) is 47.4. The van der Waals surface area contributed by atoms with E-state index >= 15 is 0 Å². The summed E-state index contributed by atoms with van der Waals surface area (Å²) in [4.78, 5) is 180. The molecule has 0 radical (unpaired) electrons. The monoisotopic (exact) mass is 1950 g/mol. The fraction of sp³-hybridized carbons (Fsp3) is 0.590. The predicted molar refractivity (Wildman–Crippen MR) is 504 cm³/mol. The Hall–Kier alpha value is -11.2. The molecule has 764 valence electrons. The van der Waals surface area contributed by atoms with Crippen LogP contribution in [0.1, 0.15) is 163 Å². The standard InChI is InChI=1S/C100H138N8O31/c1-63(2)76(53-74(109)23-29-127-33-32-124-10)92(115)102-68(8)84(111)51-70-14-18-72(19-15-70)61-138-99(122)107-80-57-88(86(125-11)55-78(80)95(118)105-59-65(5)48-82(105)97(107)120)136-27-13-28-137-89-58-81-79(56-87(89)126-12)96(119)106-60-66(6)49-83(106)98(121)108(81)100(123)139-62-73-20-16-71(17-21-73)52-85(112)69(9)103-93(116)77(64(3)4)54-75(110)24-30-128-34-36-130-38-40-132-42-44-134-46-47-135-45-43-133-41-39-131-37-35-129-31-25-101-90(113)22-26-104-91(114)50-67(7)94(104)117/h14-21,55-60,63-64,67-69,76-77,82-83,97-98,120-121H,13,22-54,61-62H2,1-12H3,(H,101,113)(H,102,115)(H,103,116)/t67?,68-,69-,76-,77-,82-,83-,97-,98-/m0/s1. The first-order valence-electron chi connectivity index (χ1n) is 47.4. The summed E-state index contributed by atoms with van der Waals surface area (Å²) in [6.45, 7) is 21.9. The molecule has 1 saturated heterocycles. The van der Waals surface area contributed by atoms with Crippen LogP contribution in [0.2, 0.25) is 0 Å². The summed E-state index contributed by atoms with van der Waals surface area (Å²) in [6, 6.07) is 15.5. The number of benzene rings is 4. The second-order valence-electron chi connectivity index (χ2n) is 35.3. The van der Waals surface area contributed by atoms with Gasteiger partial charge in [0.1, 0.15) is 24.8 Å². The number of carbonyl (C=O) groups excluding carboxylic acids is 13. The molecule has 1 fully saturated rings. The van der Waals surface area contributed by atoms with Gasteiger partial charge in [0.2, 0.25) is 29.5 Å². The number of nitrogens with zero attached hydrogens (tertiary/aromatic N) is 5.